The summed E-state index contributed by atoms with van der Waals surface area (Å²) >= 11 is 1.52. The fourth-order valence-electron chi connectivity index (χ4n) is 4.27. The summed E-state index contributed by atoms with van der Waals surface area (Å²) in [5.74, 6) is 1.89. The van der Waals surface area contributed by atoms with E-state index in [1.165, 1.54) is 28.5 Å². The Labute approximate surface area is 168 Å². The summed E-state index contributed by atoms with van der Waals surface area (Å²) in [6.07, 6.45) is 1.84. The third-order valence-corrected chi connectivity index (χ3v) is 6.50. The van der Waals surface area contributed by atoms with Gasteiger partial charge in [0.05, 0.1) is 31.7 Å². The third-order valence-electron chi connectivity index (χ3n) is 5.56. The van der Waals surface area contributed by atoms with Crippen LogP contribution >= 0.6 is 11.8 Å². The minimum Gasteiger partial charge on any atom is -0.493 e. The molecule has 2 heterocycles. The number of thioether (sulfide) groups is 1. The molecule has 1 amide bonds. The summed E-state index contributed by atoms with van der Waals surface area (Å²) in [6.45, 7) is 0. The number of aryl methyl sites for hydroxylation is 1. The van der Waals surface area contributed by atoms with E-state index in [4.69, 9.17) is 14.5 Å². The van der Waals surface area contributed by atoms with Crippen molar-refractivity contribution >= 4 is 28.5 Å². The Morgan fingerprint density at radius 3 is 2.71 bits per heavy atom. The number of benzene rings is 2. The van der Waals surface area contributed by atoms with Gasteiger partial charge in [-0.3, -0.25) is 9.69 Å². The maximum absolute atomic E-state index is 12.7. The second-order valence-electron chi connectivity index (χ2n) is 6.99. The molecule has 2 aromatic carbocycles. The fraction of sp³-hybridized carbons (Fsp3) is 0.273. The Balaban J connectivity index is 1.70. The Morgan fingerprint density at radius 2 is 1.89 bits per heavy atom. The number of hydrogen-bond acceptors (Lipinski definition) is 5. The third kappa shape index (κ3) is 2.55. The first-order valence-corrected chi connectivity index (χ1v) is 10.3. The first kappa shape index (κ1) is 17.4. The summed E-state index contributed by atoms with van der Waals surface area (Å²) < 4.78 is 10.9. The average molecular weight is 392 g/mol. The van der Waals surface area contributed by atoms with Crippen molar-refractivity contribution in [2.75, 3.05) is 20.0 Å². The van der Waals surface area contributed by atoms with Crippen molar-refractivity contribution in [2.24, 2.45) is 4.99 Å². The van der Waals surface area contributed by atoms with E-state index >= 15 is 0 Å². The lowest BCUT2D eigenvalue weighted by Gasteiger charge is -2.37. The van der Waals surface area contributed by atoms with Gasteiger partial charge in [0.25, 0.3) is 0 Å². The second kappa shape index (κ2) is 6.71. The molecule has 3 aliphatic rings. The zero-order chi connectivity index (χ0) is 19.3. The van der Waals surface area contributed by atoms with Crippen LogP contribution in [0.4, 0.5) is 0 Å². The van der Waals surface area contributed by atoms with Gasteiger partial charge in [0.2, 0.25) is 5.91 Å². The van der Waals surface area contributed by atoms with Crippen LogP contribution in [0.1, 0.15) is 29.2 Å². The van der Waals surface area contributed by atoms with E-state index in [2.05, 4.69) is 24.3 Å². The lowest BCUT2D eigenvalue weighted by molar-refractivity contribution is -0.125. The average Bonchev–Trinajstić information content (AvgIpc) is 3.12. The lowest BCUT2D eigenvalue weighted by Crippen LogP contribution is -2.38. The highest BCUT2D eigenvalue weighted by molar-refractivity contribution is 8.15. The number of carbonyl (C=O) groups excluding carboxylic acids is 1. The number of rotatable bonds is 3. The highest BCUT2D eigenvalue weighted by Crippen LogP contribution is 2.48. The van der Waals surface area contributed by atoms with Crippen LogP contribution in [0.25, 0.3) is 5.70 Å². The molecular weight excluding hydrogens is 372 g/mol. The molecule has 28 heavy (non-hydrogen) atoms. The Bertz CT molecular complexity index is 1040. The SMILES string of the molecule is COc1ccc(C2C3=C(N=C4SCC(=O)N42)c2ccccc2CC3)cc1OC. The number of ether oxygens (including phenoxy) is 2. The summed E-state index contributed by atoms with van der Waals surface area (Å²) in [5.41, 5.74) is 5.74. The Morgan fingerprint density at radius 1 is 1.07 bits per heavy atom. The molecule has 1 unspecified atom stereocenters. The number of amidine groups is 1. The predicted molar refractivity (Wildman–Crippen MR) is 111 cm³/mol. The van der Waals surface area contributed by atoms with Crippen molar-refractivity contribution in [1.29, 1.82) is 0 Å². The zero-order valence-electron chi connectivity index (χ0n) is 15.8. The first-order chi connectivity index (χ1) is 13.7. The highest BCUT2D eigenvalue weighted by Gasteiger charge is 2.42. The van der Waals surface area contributed by atoms with Crippen molar-refractivity contribution < 1.29 is 14.3 Å². The Hall–Kier alpha value is -2.73. The quantitative estimate of drug-likeness (QED) is 0.791. The molecule has 2 aromatic rings. The van der Waals surface area contributed by atoms with E-state index in [1.807, 2.05) is 23.1 Å². The molecule has 142 valence electrons. The van der Waals surface area contributed by atoms with Crippen molar-refractivity contribution in [3.05, 3.63) is 64.7 Å². The number of nitrogens with zero attached hydrogens (tertiary/aromatic N) is 2. The van der Waals surface area contributed by atoms with Gasteiger partial charge in [0.15, 0.2) is 16.7 Å². The number of carbonyl (C=O) groups is 1. The second-order valence-corrected chi connectivity index (χ2v) is 7.94. The summed E-state index contributed by atoms with van der Waals surface area (Å²) in [4.78, 5) is 19.5. The molecule has 1 saturated heterocycles. The largest absolute Gasteiger partial charge is 0.493 e. The van der Waals surface area contributed by atoms with Gasteiger partial charge < -0.3 is 9.47 Å². The molecule has 1 aliphatic carbocycles. The van der Waals surface area contributed by atoms with Crippen molar-refractivity contribution in [1.82, 2.24) is 4.90 Å². The van der Waals surface area contributed by atoms with Crippen molar-refractivity contribution in [3.63, 3.8) is 0 Å². The van der Waals surface area contributed by atoms with Gasteiger partial charge in [-0.05, 0) is 41.7 Å². The van der Waals surface area contributed by atoms with E-state index in [-0.39, 0.29) is 11.9 Å². The number of hydrogen-bond donors (Lipinski definition) is 0. The minimum atomic E-state index is -0.154. The van der Waals surface area contributed by atoms with E-state index in [9.17, 15) is 4.79 Å². The molecule has 2 aliphatic heterocycles. The van der Waals surface area contributed by atoms with Gasteiger partial charge in [-0.15, -0.1) is 0 Å². The predicted octanol–water partition coefficient (Wildman–Crippen LogP) is 4.05. The van der Waals surface area contributed by atoms with Gasteiger partial charge in [-0.25, -0.2) is 4.99 Å². The van der Waals surface area contributed by atoms with Crippen molar-refractivity contribution in [2.45, 2.75) is 18.9 Å². The zero-order valence-corrected chi connectivity index (χ0v) is 16.6. The van der Waals surface area contributed by atoms with Crippen molar-refractivity contribution in [3.8, 4) is 11.5 Å². The molecular formula is C22H20N2O3S. The number of amides is 1. The molecule has 1 fully saturated rings. The number of methoxy groups -OCH3 is 2. The van der Waals surface area contributed by atoms with Crippen LogP contribution in [0, 0.1) is 0 Å². The molecule has 0 spiro atoms. The molecule has 6 heteroatoms. The first-order valence-electron chi connectivity index (χ1n) is 9.28. The monoisotopic (exact) mass is 392 g/mol. The molecule has 1 atom stereocenters. The minimum absolute atomic E-state index is 0.106. The lowest BCUT2D eigenvalue weighted by atomic mass is 9.82. The van der Waals surface area contributed by atoms with E-state index in [0.717, 1.165) is 29.3 Å². The van der Waals surface area contributed by atoms with Crippen LogP contribution in [-0.4, -0.2) is 35.9 Å². The standard InChI is InChI=1S/C22H20N2O3S/c1-26-17-10-8-14(11-18(17)27-2)21-16-9-7-13-5-3-4-6-15(13)20(16)23-22-24(21)19(25)12-28-22/h3-6,8,10-11,21H,7,9,12H2,1-2H3. The highest BCUT2D eigenvalue weighted by atomic mass is 32.2. The number of aliphatic imine (C=N–C) groups is 1. The van der Waals surface area contributed by atoms with E-state index in [1.54, 1.807) is 14.2 Å². The van der Waals surface area contributed by atoms with Crippen LogP contribution in [0.2, 0.25) is 0 Å². The van der Waals surface area contributed by atoms with Crippen LogP contribution in [-0.2, 0) is 11.2 Å². The van der Waals surface area contributed by atoms with Crippen LogP contribution < -0.4 is 9.47 Å². The molecule has 0 aromatic heterocycles. The van der Waals surface area contributed by atoms with Gasteiger partial charge in [0, 0.05) is 5.56 Å². The summed E-state index contributed by atoms with van der Waals surface area (Å²) in [6, 6.07) is 14.2. The smallest absolute Gasteiger partial charge is 0.239 e. The van der Waals surface area contributed by atoms with Gasteiger partial charge in [-0.2, -0.15) is 0 Å². The normalized spacial score (nSPS) is 20.4. The molecule has 0 radical (unpaired) electrons. The molecule has 0 bridgehead atoms. The molecule has 5 nitrogen and oxygen atoms in total. The van der Waals surface area contributed by atoms with Gasteiger partial charge in [0.1, 0.15) is 0 Å². The molecule has 0 N–H and O–H groups in total. The maximum Gasteiger partial charge on any atom is 0.239 e. The van der Waals surface area contributed by atoms with Crippen LogP contribution in [0.15, 0.2) is 53.0 Å². The molecule has 0 saturated carbocycles. The summed E-state index contributed by atoms with van der Waals surface area (Å²) in [5, 5.41) is 0.792. The fourth-order valence-corrected chi connectivity index (χ4v) is 5.16. The Kier molecular flexibility index (Phi) is 4.16. The topological polar surface area (TPSA) is 51.1 Å². The van der Waals surface area contributed by atoms with Gasteiger partial charge in [-0.1, -0.05) is 42.1 Å². The maximum atomic E-state index is 12.7. The van der Waals surface area contributed by atoms with E-state index < -0.39 is 0 Å². The number of fused-ring (bicyclic) bond motifs is 3. The van der Waals surface area contributed by atoms with E-state index in [0.29, 0.717) is 17.3 Å². The van der Waals surface area contributed by atoms with Gasteiger partial charge >= 0.3 is 0 Å². The summed E-state index contributed by atoms with van der Waals surface area (Å²) in [7, 11) is 3.26. The molecule has 5 rings (SSSR count). The van der Waals surface area contributed by atoms with Crippen LogP contribution in [0.5, 0.6) is 11.5 Å². The van der Waals surface area contributed by atoms with Crippen LogP contribution in [0.3, 0.4) is 0 Å².